The molecule has 0 unspecified atom stereocenters. The molecular formula is C28H28N2O3S. The summed E-state index contributed by atoms with van der Waals surface area (Å²) < 4.78 is 12.0. The molecule has 6 heteroatoms. The van der Waals surface area contributed by atoms with Gasteiger partial charge in [0.15, 0.2) is 22.4 Å². The molecule has 1 N–H and O–H groups in total. The first-order chi connectivity index (χ1) is 16.5. The number of nitrogens with zero attached hydrogens (tertiary/aromatic N) is 1. The van der Waals surface area contributed by atoms with Gasteiger partial charge in [0.2, 0.25) is 0 Å². The maximum Gasteiger partial charge on any atom is 0.178 e. The van der Waals surface area contributed by atoms with E-state index in [1.54, 1.807) is 6.92 Å². The van der Waals surface area contributed by atoms with Crippen molar-refractivity contribution in [3.63, 3.8) is 0 Å². The molecule has 0 amide bonds. The summed E-state index contributed by atoms with van der Waals surface area (Å²) in [6.07, 6.45) is 0. The minimum absolute atomic E-state index is 0.0132. The SMILES string of the molecule is CCOc1cc([C@H]2NC(=S)N(c3ccccc3)C(C)=C2C(C)=O)ccc1OCc1ccccc1. The van der Waals surface area contributed by atoms with Crippen LogP contribution in [0.1, 0.15) is 37.9 Å². The molecule has 0 saturated heterocycles. The van der Waals surface area contributed by atoms with E-state index in [9.17, 15) is 4.79 Å². The van der Waals surface area contributed by atoms with E-state index >= 15 is 0 Å². The highest BCUT2D eigenvalue weighted by molar-refractivity contribution is 7.80. The Labute approximate surface area is 206 Å². The van der Waals surface area contributed by atoms with E-state index in [0.717, 1.165) is 22.5 Å². The van der Waals surface area contributed by atoms with Gasteiger partial charge < -0.3 is 14.8 Å². The molecule has 0 radical (unpaired) electrons. The molecule has 34 heavy (non-hydrogen) atoms. The van der Waals surface area contributed by atoms with Gasteiger partial charge in [0, 0.05) is 17.0 Å². The lowest BCUT2D eigenvalue weighted by atomic mass is 9.92. The predicted octanol–water partition coefficient (Wildman–Crippen LogP) is 5.96. The summed E-state index contributed by atoms with van der Waals surface area (Å²) in [5.74, 6) is 1.28. The number of Topliss-reactive ketones (excluding diaryl/α,β-unsaturated/α-hetero) is 1. The van der Waals surface area contributed by atoms with Crippen LogP contribution in [0.3, 0.4) is 0 Å². The molecule has 0 fully saturated rings. The summed E-state index contributed by atoms with van der Waals surface area (Å²) in [5.41, 5.74) is 4.35. The molecule has 3 aromatic rings. The van der Waals surface area contributed by atoms with Crippen molar-refractivity contribution in [1.29, 1.82) is 0 Å². The van der Waals surface area contributed by atoms with Crippen molar-refractivity contribution in [2.24, 2.45) is 0 Å². The third-order valence-corrected chi connectivity index (χ3v) is 6.02. The molecule has 1 atom stereocenters. The first kappa shape index (κ1) is 23.5. The Hall–Kier alpha value is -3.64. The molecule has 0 aromatic heterocycles. The molecule has 3 aromatic carbocycles. The van der Waals surface area contributed by atoms with Gasteiger partial charge in [0.1, 0.15) is 6.61 Å². The predicted molar refractivity (Wildman–Crippen MR) is 139 cm³/mol. The molecule has 5 nitrogen and oxygen atoms in total. The number of carbonyl (C=O) groups is 1. The number of ketones is 1. The average molecular weight is 473 g/mol. The first-order valence-corrected chi connectivity index (χ1v) is 11.7. The Morgan fingerprint density at radius 2 is 1.65 bits per heavy atom. The van der Waals surface area contributed by atoms with Gasteiger partial charge in [-0.2, -0.15) is 0 Å². The van der Waals surface area contributed by atoms with Crippen molar-refractivity contribution in [2.45, 2.75) is 33.4 Å². The van der Waals surface area contributed by atoms with Gasteiger partial charge in [-0.15, -0.1) is 0 Å². The van der Waals surface area contributed by atoms with Crippen LogP contribution in [-0.4, -0.2) is 17.5 Å². The van der Waals surface area contributed by atoms with E-state index in [4.69, 9.17) is 21.7 Å². The number of ether oxygens (including phenoxy) is 2. The van der Waals surface area contributed by atoms with E-state index in [2.05, 4.69) is 5.32 Å². The highest BCUT2D eigenvalue weighted by Crippen LogP contribution is 2.37. The van der Waals surface area contributed by atoms with E-state index in [0.29, 0.717) is 35.4 Å². The smallest absolute Gasteiger partial charge is 0.178 e. The van der Waals surface area contributed by atoms with Gasteiger partial charge in [-0.05, 0) is 68.4 Å². The summed E-state index contributed by atoms with van der Waals surface area (Å²) in [7, 11) is 0. The lowest BCUT2D eigenvalue weighted by Crippen LogP contribution is -2.47. The number of hydrogen-bond acceptors (Lipinski definition) is 4. The van der Waals surface area contributed by atoms with Crippen molar-refractivity contribution < 1.29 is 14.3 Å². The number of para-hydroxylation sites is 1. The van der Waals surface area contributed by atoms with Crippen molar-refractivity contribution in [2.75, 3.05) is 11.5 Å². The standard InChI is InChI=1S/C28H28N2O3S/c1-4-32-25-17-22(15-16-24(25)33-18-21-11-7-5-8-12-21)27-26(20(3)31)19(2)30(28(34)29-27)23-13-9-6-10-14-23/h5-17,27H,4,18H2,1-3H3,(H,29,34)/t27-/m1/s1. The van der Waals surface area contributed by atoms with Gasteiger partial charge in [-0.1, -0.05) is 54.6 Å². The first-order valence-electron chi connectivity index (χ1n) is 11.3. The van der Waals surface area contributed by atoms with Crippen LogP contribution in [0.15, 0.2) is 90.1 Å². The van der Waals surface area contributed by atoms with Gasteiger partial charge in [0.25, 0.3) is 0 Å². The Kier molecular flexibility index (Phi) is 7.28. The monoisotopic (exact) mass is 472 g/mol. The van der Waals surface area contributed by atoms with Crippen molar-refractivity contribution in [1.82, 2.24) is 5.32 Å². The number of rotatable bonds is 8. The second kappa shape index (κ2) is 10.5. The topological polar surface area (TPSA) is 50.8 Å². The van der Waals surface area contributed by atoms with E-state index in [1.807, 2.05) is 97.6 Å². The molecule has 174 valence electrons. The zero-order chi connectivity index (χ0) is 24.1. The molecule has 1 aliphatic heterocycles. The van der Waals surface area contributed by atoms with Crippen LogP contribution in [0.5, 0.6) is 11.5 Å². The maximum absolute atomic E-state index is 12.8. The van der Waals surface area contributed by atoms with Gasteiger partial charge in [0.05, 0.1) is 12.6 Å². The second-order valence-electron chi connectivity index (χ2n) is 8.02. The molecule has 0 bridgehead atoms. The van der Waals surface area contributed by atoms with Gasteiger partial charge in [-0.25, -0.2) is 0 Å². The second-order valence-corrected chi connectivity index (χ2v) is 8.41. The summed E-state index contributed by atoms with van der Waals surface area (Å²) in [6.45, 7) is 6.40. The number of anilines is 1. The Morgan fingerprint density at radius 1 is 0.971 bits per heavy atom. The van der Waals surface area contributed by atoms with Crippen molar-refractivity contribution >= 4 is 28.8 Å². The van der Waals surface area contributed by atoms with Crippen LogP contribution >= 0.6 is 12.2 Å². The summed E-state index contributed by atoms with van der Waals surface area (Å²) >= 11 is 5.72. The Bertz CT molecular complexity index is 1210. The van der Waals surface area contributed by atoms with Crippen LogP contribution in [0, 0.1) is 0 Å². The Balaban J connectivity index is 1.68. The third-order valence-electron chi connectivity index (χ3n) is 5.72. The molecule has 0 spiro atoms. The number of benzene rings is 3. The zero-order valence-electron chi connectivity index (χ0n) is 19.6. The van der Waals surface area contributed by atoms with E-state index in [1.165, 1.54) is 0 Å². The Morgan fingerprint density at radius 3 is 2.29 bits per heavy atom. The molecule has 4 rings (SSSR count). The van der Waals surface area contributed by atoms with Crippen molar-refractivity contribution in [3.05, 3.63) is 101 Å². The lowest BCUT2D eigenvalue weighted by Gasteiger charge is -2.37. The fraction of sp³-hybridized carbons (Fsp3) is 0.214. The minimum atomic E-state index is -0.382. The normalized spacial score (nSPS) is 15.7. The van der Waals surface area contributed by atoms with Crippen LogP contribution in [0.25, 0.3) is 0 Å². The number of nitrogens with one attached hydrogen (secondary N) is 1. The van der Waals surface area contributed by atoms with E-state index < -0.39 is 0 Å². The minimum Gasteiger partial charge on any atom is -0.490 e. The number of hydrogen-bond donors (Lipinski definition) is 1. The molecule has 0 saturated carbocycles. The zero-order valence-corrected chi connectivity index (χ0v) is 20.4. The van der Waals surface area contributed by atoms with Crippen LogP contribution in [-0.2, 0) is 11.4 Å². The molecule has 0 aliphatic carbocycles. The quantitative estimate of drug-likeness (QED) is 0.408. The average Bonchev–Trinajstić information content (AvgIpc) is 2.84. The summed E-state index contributed by atoms with van der Waals surface area (Å²) in [6, 6.07) is 25.2. The molecule has 1 aliphatic rings. The van der Waals surface area contributed by atoms with Gasteiger partial charge >= 0.3 is 0 Å². The number of thiocarbonyl (C=S) groups is 1. The van der Waals surface area contributed by atoms with E-state index in [-0.39, 0.29) is 11.8 Å². The largest absolute Gasteiger partial charge is 0.490 e. The highest BCUT2D eigenvalue weighted by Gasteiger charge is 2.33. The van der Waals surface area contributed by atoms with Crippen LogP contribution in [0.2, 0.25) is 0 Å². The third kappa shape index (κ3) is 4.97. The molecular weight excluding hydrogens is 444 g/mol. The van der Waals surface area contributed by atoms with Crippen LogP contribution < -0.4 is 19.7 Å². The highest BCUT2D eigenvalue weighted by atomic mass is 32.1. The van der Waals surface area contributed by atoms with Crippen LogP contribution in [0.4, 0.5) is 5.69 Å². The molecule has 1 heterocycles. The fourth-order valence-electron chi connectivity index (χ4n) is 4.16. The van der Waals surface area contributed by atoms with Gasteiger partial charge in [-0.3, -0.25) is 9.69 Å². The fourth-order valence-corrected chi connectivity index (χ4v) is 4.53. The van der Waals surface area contributed by atoms with Crippen molar-refractivity contribution in [3.8, 4) is 11.5 Å². The summed E-state index contributed by atoms with van der Waals surface area (Å²) in [4.78, 5) is 14.7. The summed E-state index contributed by atoms with van der Waals surface area (Å²) in [5, 5.41) is 3.91. The number of carbonyl (C=O) groups excluding carboxylic acids is 1. The lowest BCUT2D eigenvalue weighted by molar-refractivity contribution is -0.114. The maximum atomic E-state index is 12.8. The number of allylic oxidation sites excluding steroid dienone is 1.